The molecule has 0 heterocycles. The van der Waals surface area contributed by atoms with E-state index >= 15 is 0 Å². The maximum absolute atomic E-state index is 13.0. The van der Waals surface area contributed by atoms with Crippen LogP contribution in [0, 0.1) is 5.82 Å². The number of halogens is 6. The average molecular weight is 454 g/mol. The van der Waals surface area contributed by atoms with Gasteiger partial charge in [0.25, 0.3) is 0 Å². The zero-order valence-corrected chi connectivity index (χ0v) is 14.9. The molecule has 3 nitrogen and oxygen atoms in total. The fraction of sp³-hybridized carbons (Fsp3) is 0.462. The van der Waals surface area contributed by atoms with Gasteiger partial charge in [-0.1, -0.05) is 17.7 Å². The summed E-state index contributed by atoms with van der Waals surface area (Å²) in [5, 5.41) is 5.40. The second-order valence-electron chi connectivity index (χ2n) is 4.24. The van der Waals surface area contributed by atoms with Gasteiger partial charge in [-0.25, -0.2) is 9.38 Å². The van der Waals surface area contributed by atoms with Crippen molar-refractivity contribution in [2.24, 2.45) is 4.99 Å². The monoisotopic (exact) mass is 453 g/mol. The van der Waals surface area contributed by atoms with Gasteiger partial charge < -0.3 is 10.6 Å². The number of guanidine groups is 1. The lowest BCUT2D eigenvalue weighted by Gasteiger charge is -2.12. The first-order valence-electron chi connectivity index (χ1n) is 6.34. The molecule has 1 aromatic carbocycles. The van der Waals surface area contributed by atoms with Gasteiger partial charge >= 0.3 is 6.18 Å². The highest BCUT2D eigenvalue weighted by Gasteiger charge is 2.26. The maximum atomic E-state index is 13.0. The van der Waals surface area contributed by atoms with Gasteiger partial charge in [0, 0.05) is 13.1 Å². The summed E-state index contributed by atoms with van der Waals surface area (Å²) in [6.07, 6.45) is -5.16. The van der Waals surface area contributed by atoms with E-state index in [1.54, 1.807) is 6.92 Å². The van der Waals surface area contributed by atoms with Crippen LogP contribution in [0.1, 0.15) is 18.9 Å². The van der Waals surface area contributed by atoms with Crippen molar-refractivity contribution in [2.45, 2.75) is 26.1 Å². The van der Waals surface area contributed by atoms with Gasteiger partial charge in [-0.15, -0.1) is 24.0 Å². The van der Waals surface area contributed by atoms with Crippen molar-refractivity contribution < 1.29 is 17.6 Å². The van der Waals surface area contributed by atoms with Crippen molar-refractivity contribution in [1.29, 1.82) is 0 Å². The van der Waals surface area contributed by atoms with Crippen molar-refractivity contribution in [3.05, 3.63) is 34.6 Å². The smallest absolute Gasteiger partial charge is 0.357 e. The number of nitrogens with one attached hydrogen (secondary N) is 2. The summed E-state index contributed by atoms with van der Waals surface area (Å²) in [7, 11) is 0. The first-order valence-corrected chi connectivity index (χ1v) is 6.72. The van der Waals surface area contributed by atoms with Gasteiger partial charge in [0.15, 0.2) is 5.96 Å². The van der Waals surface area contributed by atoms with Crippen molar-refractivity contribution in [3.63, 3.8) is 0 Å². The highest BCUT2D eigenvalue weighted by molar-refractivity contribution is 14.0. The van der Waals surface area contributed by atoms with Gasteiger partial charge in [-0.3, -0.25) is 0 Å². The molecule has 0 atom stereocenters. The van der Waals surface area contributed by atoms with Gasteiger partial charge in [-0.05, 0) is 24.6 Å². The van der Waals surface area contributed by atoms with Gasteiger partial charge in [0.2, 0.25) is 0 Å². The summed E-state index contributed by atoms with van der Waals surface area (Å²) < 4.78 is 49.2. The number of nitrogens with zero attached hydrogens (tertiary/aromatic N) is 1. The Balaban J connectivity index is 0.00000441. The molecular weight excluding hydrogens is 437 g/mol. The Hall–Kier alpha value is -0.770. The molecule has 0 radical (unpaired) electrons. The Bertz CT molecular complexity index is 495. The van der Waals surface area contributed by atoms with Crippen LogP contribution in [-0.4, -0.2) is 25.2 Å². The van der Waals surface area contributed by atoms with Gasteiger partial charge in [0.1, 0.15) is 5.82 Å². The summed E-state index contributed by atoms with van der Waals surface area (Å²) in [6.45, 7) is 2.23. The van der Waals surface area contributed by atoms with Crippen LogP contribution >= 0.6 is 35.6 Å². The average Bonchev–Trinajstić information content (AvgIpc) is 2.38. The first-order chi connectivity index (χ1) is 9.81. The minimum absolute atomic E-state index is 0. The molecule has 126 valence electrons. The summed E-state index contributed by atoms with van der Waals surface area (Å²) in [5.41, 5.74) is 0.662. The van der Waals surface area contributed by atoms with Crippen molar-refractivity contribution in [3.8, 4) is 0 Å². The molecule has 0 aliphatic rings. The van der Waals surface area contributed by atoms with E-state index in [9.17, 15) is 17.6 Å². The van der Waals surface area contributed by atoms with E-state index in [2.05, 4.69) is 15.6 Å². The van der Waals surface area contributed by atoms with E-state index in [0.29, 0.717) is 12.1 Å². The molecule has 0 fully saturated rings. The van der Waals surface area contributed by atoms with E-state index < -0.39 is 18.4 Å². The molecule has 0 saturated carbocycles. The van der Waals surface area contributed by atoms with E-state index in [0.717, 1.165) is 0 Å². The van der Waals surface area contributed by atoms with E-state index in [1.165, 1.54) is 18.2 Å². The number of alkyl halides is 3. The van der Waals surface area contributed by atoms with Crippen LogP contribution in [0.4, 0.5) is 17.6 Å². The largest absolute Gasteiger partial charge is 0.390 e. The zero-order chi connectivity index (χ0) is 15.9. The predicted octanol–water partition coefficient (Wildman–Crippen LogP) is 4.10. The number of benzene rings is 1. The standard InChI is InChI=1S/C13H16ClF4N3.HI/c1-2-19-12(20-6-5-13(16,17)18)21-8-9-3-4-11(15)10(14)7-9;/h3-4,7H,2,5-6,8H2,1H3,(H2,19,20,21);1H. The van der Waals surface area contributed by atoms with E-state index in [4.69, 9.17) is 11.6 Å². The molecule has 2 N–H and O–H groups in total. The van der Waals surface area contributed by atoms with Crippen LogP contribution in [0.5, 0.6) is 0 Å². The molecule has 9 heteroatoms. The zero-order valence-electron chi connectivity index (χ0n) is 11.8. The molecule has 0 unspecified atom stereocenters. The summed E-state index contributed by atoms with van der Waals surface area (Å²) in [4.78, 5) is 4.12. The van der Waals surface area contributed by atoms with Crippen molar-refractivity contribution in [1.82, 2.24) is 10.6 Å². The third kappa shape index (κ3) is 8.62. The lowest BCUT2D eigenvalue weighted by Crippen LogP contribution is -2.38. The minimum Gasteiger partial charge on any atom is -0.357 e. The number of hydrogen-bond acceptors (Lipinski definition) is 1. The Morgan fingerprint density at radius 1 is 1.27 bits per heavy atom. The highest BCUT2D eigenvalue weighted by atomic mass is 127. The SMILES string of the molecule is CCNC(=NCc1ccc(F)c(Cl)c1)NCCC(F)(F)F.I. The summed E-state index contributed by atoms with van der Waals surface area (Å²) in [6, 6.07) is 4.17. The fourth-order valence-electron chi connectivity index (χ4n) is 1.47. The third-order valence-electron chi connectivity index (χ3n) is 2.45. The van der Waals surface area contributed by atoms with Crippen LogP contribution < -0.4 is 10.6 Å². The maximum Gasteiger partial charge on any atom is 0.390 e. The quantitative estimate of drug-likeness (QED) is 0.305. The number of aliphatic imine (C=N–C) groups is 1. The normalized spacial score (nSPS) is 11.8. The molecule has 1 aromatic rings. The molecule has 0 amide bonds. The van der Waals surface area contributed by atoms with Crippen LogP contribution in [0.3, 0.4) is 0 Å². The minimum atomic E-state index is -4.21. The van der Waals surface area contributed by atoms with Crippen LogP contribution in [0.2, 0.25) is 5.02 Å². The second-order valence-corrected chi connectivity index (χ2v) is 4.64. The van der Waals surface area contributed by atoms with Crippen molar-refractivity contribution in [2.75, 3.05) is 13.1 Å². The van der Waals surface area contributed by atoms with Crippen molar-refractivity contribution >= 4 is 41.5 Å². The molecule has 0 saturated heterocycles. The summed E-state index contributed by atoms with van der Waals surface area (Å²) in [5.74, 6) is -0.262. The topological polar surface area (TPSA) is 36.4 Å². The lowest BCUT2D eigenvalue weighted by atomic mass is 10.2. The molecule has 0 bridgehead atoms. The first kappa shape index (κ1) is 21.2. The molecule has 0 aliphatic heterocycles. The Morgan fingerprint density at radius 3 is 2.50 bits per heavy atom. The Morgan fingerprint density at radius 2 is 1.95 bits per heavy atom. The molecule has 0 aliphatic carbocycles. The Labute approximate surface area is 148 Å². The van der Waals surface area contributed by atoms with Crippen LogP contribution in [0.15, 0.2) is 23.2 Å². The highest BCUT2D eigenvalue weighted by Crippen LogP contribution is 2.18. The van der Waals surface area contributed by atoms with Gasteiger partial charge in [0.05, 0.1) is 18.0 Å². The number of hydrogen-bond donors (Lipinski definition) is 2. The Kier molecular flexibility index (Phi) is 9.74. The van der Waals surface area contributed by atoms with Gasteiger partial charge in [-0.2, -0.15) is 13.2 Å². The van der Waals surface area contributed by atoms with E-state index in [1.807, 2.05) is 0 Å². The summed E-state index contributed by atoms with van der Waals surface area (Å²) >= 11 is 5.64. The molecular formula is C13H17ClF4IN3. The predicted molar refractivity (Wildman–Crippen MR) is 90.3 cm³/mol. The van der Waals surface area contributed by atoms with Crippen LogP contribution in [-0.2, 0) is 6.54 Å². The van der Waals surface area contributed by atoms with Crippen LogP contribution in [0.25, 0.3) is 0 Å². The second kappa shape index (κ2) is 10.1. The molecule has 0 aromatic heterocycles. The fourth-order valence-corrected chi connectivity index (χ4v) is 1.68. The number of rotatable bonds is 5. The lowest BCUT2D eigenvalue weighted by molar-refractivity contribution is -0.132. The van der Waals surface area contributed by atoms with E-state index in [-0.39, 0.29) is 48.0 Å². The molecule has 0 spiro atoms. The molecule has 1 rings (SSSR count). The molecule has 22 heavy (non-hydrogen) atoms. The third-order valence-corrected chi connectivity index (χ3v) is 2.74.